The molecule has 6 rings (SSSR count). The average Bonchev–Trinajstić information content (AvgIpc) is 3.28. The van der Waals surface area contributed by atoms with Gasteiger partial charge >= 0.3 is 5.97 Å². The van der Waals surface area contributed by atoms with Crippen LogP contribution in [0.3, 0.4) is 0 Å². The van der Waals surface area contributed by atoms with E-state index < -0.39 is 12.6 Å². The molecule has 1 aromatic heterocycles. The minimum atomic E-state index is -0.668. The lowest BCUT2D eigenvalue weighted by Gasteiger charge is -2.15. The fourth-order valence-corrected chi connectivity index (χ4v) is 5.80. The largest absolute Gasteiger partial charge is 0.497 e. The Bertz CT molecular complexity index is 1760. The molecule has 1 aliphatic carbocycles. The molecule has 0 radical (unpaired) electrons. The summed E-state index contributed by atoms with van der Waals surface area (Å²) in [6.45, 7) is -0.441. The van der Waals surface area contributed by atoms with Crippen LogP contribution in [0, 0.1) is 11.8 Å². The fourth-order valence-electron chi connectivity index (χ4n) is 5.44. The third-order valence-corrected chi connectivity index (χ3v) is 8.14. The number of ether oxygens (including phenoxy) is 2. The first-order chi connectivity index (χ1) is 20.3. The Morgan fingerprint density at radius 3 is 2.33 bits per heavy atom. The highest BCUT2D eigenvalue weighted by Crippen LogP contribution is 2.38. The van der Waals surface area contributed by atoms with Crippen LogP contribution in [0.25, 0.3) is 22.2 Å². The maximum atomic E-state index is 13.3. The Kier molecular flexibility index (Phi) is 7.43. The van der Waals surface area contributed by atoms with Crippen molar-refractivity contribution in [3.05, 3.63) is 101 Å². The van der Waals surface area contributed by atoms with Gasteiger partial charge in [-0.3, -0.25) is 19.3 Å². The van der Waals surface area contributed by atoms with Crippen LogP contribution in [-0.4, -0.2) is 42.3 Å². The first-order valence-corrected chi connectivity index (χ1v) is 14.2. The molecule has 0 unspecified atom stereocenters. The third kappa shape index (κ3) is 5.12. The zero-order chi connectivity index (χ0) is 29.4. The molecular formula is C33H25BrN2O6. The molecule has 2 amide bonds. The number of hydrogen-bond acceptors (Lipinski definition) is 7. The van der Waals surface area contributed by atoms with Gasteiger partial charge in [0.05, 0.1) is 41.4 Å². The lowest BCUT2D eigenvalue weighted by atomic mass is 9.85. The number of carbonyl (C=O) groups excluding carboxylic acids is 4. The maximum absolute atomic E-state index is 13.3. The van der Waals surface area contributed by atoms with E-state index in [0.717, 1.165) is 4.47 Å². The van der Waals surface area contributed by atoms with Gasteiger partial charge in [-0.15, -0.1) is 0 Å². The number of methoxy groups -OCH3 is 1. The number of anilines is 1. The predicted octanol–water partition coefficient (Wildman–Crippen LogP) is 6.17. The maximum Gasteiger partial charge on any atom is 0.339 e. The van der Waals surface area contributed by atoms with Gasteiger partial charge in [0.1, 0.15) is 5.75 Å². The Hall–Kier alpha value is -4.63. The molecule has 210 valence electrons. The van der Waals surface area contributed by atoms with Gasteiger partial charge in [-0.05, 0) is 61.4 Å². The molecule has 1 saturated heterocycles. The molecular weight excluding hydrogens is 600 g/mol. The standard InChI is InChI=1S/C33H25BrN2O6/c1-41-23-6-4-5-20(15-23)30(37)18-42-33(40)27-17-29(35-28-14-11-21(34)16-26(27)28)19-9-12-22(13-10-19)36-31(38)24-7-2-3-8-25(24)32(36)39/h2-6,9-17,24-25H,7-8,18H2,1H3/t24-,25-/m0/s1. The minimum absolute atomic E-state index is 0.176. The summed E-state index contributed by atoms with van der Waals surface area (Å²) in [6.07, 6.45) is 5.07. The number of esters is 1. The number of pyridine rings is 1. The van der Waals surface area contributed by atoms with E-state index >= 15 is 0 Å². The number of Topliss-reactive ketones (excluding diaryl/α,β-unsaturated/α-hetero) is 1. The summed E-state index contributed by atoms with van der Waals surface area (Å²) >= 11 is 3.45. The lowest BCUT2D eigenvalue weighted by Crippen LogP contribution is -2.30. The van der Waals surface area contributed by atoms with Gasteiger partial charge in [-0.1, -0.05) is 52.3 Å². The molecule has 2 heterocycles. The highest BCUT2D eigenvalue weighted by atomic mass is 79.9. The fraction of sp³-hybridized carbons (Fsp3) is 0.182. The Morgan fingerprint density at radius 2 is 1.64 bits per heavy atom. The molecule has 1 aliphatic heterocycles. The van der Waals surface area contributed by atoms with E-state index in [1.807, 2.05) is 18.2 Å². The Morgan fingerprint density at radius 1 is 0.929 bits per heavy atom. The van der Waals surface area contributed by atoms with E-state index in [-0.39, 0.29) is 35.0 Å². The van der Waals surface area contributed by atoms with Crippen LogP contribution in [-0.2, 0) is 14.3 Å². The second kappa shape index (κ2) is 11.3. The number of allylic oxidation sites excluding steroid dienone is 2. The van der Waals surface area contributed by atoms with Crippen molar-refractivity contribution in [2.75, 3.05) is 18.6 Å². The number of fused-ring (bicyclic) bond motifs is 2. The number of rotatable bonds is 7. The number of carbonyl (C=O) groups is 4. The van der Waals surface area contributed by atoms with Gasteiger partial charge in [-0.2, -0.15) is 0 Å². The molecule has 0 N–H and O–H groups in total. The van der Waals surface area contributed by atoms with E-state index in [2.05, 4.69) is 15.9 Å². The van der Waals surface area contributed by atoms with Crippen molar-refractivity contribution in [1.29, 1.82) is 0 Å². The number of hydrogen-bond donors (Lipinski definition) is 0. The van der Waals surface area contributed by atoms with Crippen LogP contribution in [0.4, 0.5) is 5.69 Å². The van der Waals surface area contributed by atoms with Crippen molar-refractivity contribution in [3.8, 4) is 17.0 Å². The number of halogens is 1. The topological polar surface area (TPSA) is 103 Å². The first kappa shape index (κ1) is 27.5. The summed E-state index contributed by atoms with van der Waals surface area (Å²) in [5.41, 5.74) is 2.87. The molecule has 4 aromatic rings. The molecule has 0 spiro atoms. The molecule has 2 aliphatic rings. The van der Waals surface area contributed by atoms with Crippen LogP contribution >= 0.6 is 15.9 Å². The Labute approximate surface area is 250 Å². The quantitative estimate of drug-likeness (QED) is 0.105. The molecule has 3 aromatic carbocycles. The van der Waals surface area contributed by atoms with Crippen molar-refractivity contribution in [2.24, 2.45) is 11.8 Å². The first-order valence-electron chi connectivity index (χ1n) is 13.4. The van der Waals surface area contributed by atoms with Gasteiger partial charge in [0.2, 0.25) is 11.8 Å². The predicted molar refractivity (Wildman–Crippen MR) is 160 cm³/mol. The monoisotopic (exact) mass is 624 g/mol. The molecule has 2 atom stereocenters. The van der Waals surface area contributed by atoms with Crippen LogP contribution in [0.5, 0.6) is 5.75 Å². The van der Waals surface area contributed by atoms with Crippen LogP contribution in [0.15, 0.2) is 89.4 Å². The van der Waals surface area contributed by atoms with E-state index in [4.69, 9.17) is 14.5 Å². The molecule has 9 heteroatoms. The zero-order valence-corrected chi connectivity index (χ0v) is 24.2. The molecule has 8 nitrogen and oxygen atoms in total. The van der Waals surface area contributed by atoms with Gasteiger partial charge < -0.3 is 9.47 Å². The van der Waals surface area contributed by atoms with E-state index in [1.54, 1.807) is 66.7 Å². The van der Waals surface area contributed by atoms with E-state index in [0.29, 0.717) is 52.0 Å². The number of benzene rings is 3. The average molecular weight is 625 g/mol. The van der Waals surface area contributed by atoms with Crippen molar-refractivity contribution in [2.45, 2.75) is 12.8 Å². The number of aromatic nitrogens is 1. The minimum Gasteiger partial charge on any atom is -0.497 e. The van der Waals surface area contributed by atoms with Crippen LogP contribution in [0.1, 0.15) is 33.6 Å². The smallest absolute Gasteiger partial charge is 0.339 e. The molecule has 42 heavy (non-hydrogen) atoms. The zero-order valence-electron chi connectivity index (χ0n) is 22.6. The normalized spacial score (nSPS) is 17.8. The summed E-state index contributed by atoms with van der Waals surface area (Å²) in [7, 11) is 1.51. The molecule has 0 bridgehead atoms. The molecule has 1 fully saturated rings. The van der Waals surface area contributed by atoms with E-state index in [9.17, 15) is 19.2 Å². The summed E-state index contributed by atoms with van der Waals surface area (Å²) in [5, 5.41) is 0.563. The van der Waals surface area contributed by atoms with E-state index in [1.165, 1.54) is 12.0 Å². The number of nitrogens with zero attached hydrogens (tertiary/aromatic N) is 2. The van der Waals surface area contributed by atoms with Gasteiger partial charge in [0.15, 0.2) is 12.4 Å². The van der Waals surface area contributed by atoms with Crippen molar-refractivity contribution >= 4 is 56.1 Å². The SMILES string of the molecule is COc1cccc(C(=O)COC(=O)c2cc(-c3ccc(N4C(=O)[C@H]5CC=CC[C@@H]5C4=O)cc3)nc3ccc(Br)cc23)c1. The number of ketones is 1. The van der Waals surface area contributed by atoms with Crippen LogP contribution < -0.4 is 9.64 Å². The second-order valence-corrected chi connectivity index (χ2v) is 11.1. The lowest BCUT2D eigenvalue weighted by molar-refractivity contribution is -0.122. The Balaban J connectivity index is 1.27. The number of imide groups is 1. The van der Waals surface area contributed by atoms with Crippen molar-refractivity contribution < 1.29 is 28.7 Å². The summed E-state index contributed by atoms with van der Waals surface area (Å²) in [5.74, 6) is -1.48. The van der Waals surface area contributed by atoms with Crippen LogP contribution in [0.2, 0.25) is 0 Å². The van der Waals surface area contributed by atoms with Crippen molar-refractivity contribution in [3.63, 3.8) is 0 Å². The number of amides is 2. The molecule has 0 saturated carbocycles. The summed E-state index contributed by atoms with van der Waals surface area (Å²) in [4.78, 5) is 58.1. The summed E-state index contributed by atoms with van der Waals surface area (Å²) in [6, 6.07) is 20.6. The summed E-state index contributed by atoms with van der Waals surface area (Å²) < 4.78 is 11.4. The van der Waals surface area contributed by atoms with Crippen molar-refractivity contribution in [1.82, 2.24) is 4.98 Å². The highest BCUT2D eigenvalue weighted by Gasteiger charge is 2.47. The highest BCUT2D eigenvalue weighted by molar-refractivity contribution is 9.10. The second-order valence-electron chi connectivity index (χ2n) is 10.2. The van der Waals surface area contributed by atoms with Gasteiger partial charge in [0.25, 0.3) is 0 Å². The van der Waals surface area contributed by atoms with Gasteiger partial charge in [-0.25, -0.2) is 9.78 Å². The third-order valence-electron chi connectivity index (χ3n) is 7.65. The van der Waals surface area contributed by atoms with Gasteiger partial charge in [0, 0.05) is 21.0 Å².